The molecule has 1 saturated heterocycles. The molecule has 1 aliphatic heterocycles. The maximum absolute atomic E-state index is 13.2. The number of nitrogens with zero attached hydrogens (tertiary/aromatic N) is 4. The Morgan fingerprint density at radius 1 is 1.13 bits per heavy atom. The van der Waals surface area contributed by atoms with Gasteiger partial charge < -0.3 is 5.73 Å². The largest absolute Gasteiger partial charge is 0.419 e. The van der Waals surface area contributed by atoms with Crippen molar-refractivity contribution in [1.82, 2.24) is 19.7 Å². The van der Waals surface area contributed by atoms with E-state index in [1.165, 1.54) is 6.20 Å². The van der Waals surface area contributed by atoms with Crippen LogP contribution in [0.2, 0.25) is 0 Å². The van der Waals surface area contributed by atoms with Crippen molar-refractivity contribution in [2.24, 2.45) is 11.8 Å². The van der Waals surface area contributed by atoms with E-state index in [4.69, 9.17) is 5.73 Å². The molecule has 2 saturated carbocycles. The number of aromatic nitrogens is 3. The molecule has 3 aliphatic rings. The van der Waals surface area contributed by atoms with Gasteiger partial charge >= 0.3 is 6.18 Å². The molecular formula is C21H25F4N5. The molecule has 30 heavy (non-hydrogen) atoms. The quantitative estimate of drug-likeness (QED) is 0.746. The molecule has 0 bridgehead atoms. The van der Waals surface area contributed by atoms with Gasteiger partial charge in [-0.1, -0.05) is 0 Å². The van der Waals surface area contributed by atoms with Crippen LogP contribution in [-0.2, 0) is 6.18 Å². The number of pyridine rings is 1. The fraction of sp³-hybridized carbons (Fsp3) is 0.619. The average molecular weight is 423 g/mol. The van der Waals surface area contributed by atoms with Crippen molar-refractivity contribution in [3.63, 3.8) is 0 Å². The molecule has 9 heteroatoms. The van der Waals surface area contributed by atoms with Crippen molar-refractivity contribution < 1.29 is 17.6 Å². The third-order valence-corrected chi connectivity index (χ3v) is 6.92. The third kappa shape index (κ3) is 3.18. The van der Waals surface area contributed by atoms with E-state index in [0.717, 1.165) is 24.6 Å². The first kappa shape index (κ1) is 19.8. The molecule has 0 radical (unpaired) electrons. The van der Waals surface area contributed by atoms with Gasteiger partial charge in [-0.3, -0.25) is 9.58 Å². The van der Waals surface area contributed by atoms with Gasteiger partial charge in [0.05, 0.1) is 11.3 Å². The summed E-state index contributed by atoms with van der Waals surface area (Å²) in [5.74, 6) is 0.937. The topological polar surface area (TPSA) is 60.0 Å². The minimum atomic E-state index is -4.56. The number of hydrogen-bond donors (Lipinski definition) is 1. The lowest BCUT2D eigenvalue weighted by molar-refractivity contribution is -0.137. The summed E-state index contributed by atoms with van der Waals surface area (Å²) < 4.78 is 54.8. The first-order valence-electron chi connectivity index (χ1n) is 10.4. The predicted octanol–water partition coefficient (Wildman–Crippen LogP) is 4.27. The van der Waals surface area contributed by atoms with Gasteiger partial charge in [-0.2, -0.15) is 18.3 Å². The number of fused-ring (bicyclic) bond motifs is 1. The van der Waals surface area contributed by atoms with Gasteiger partial charge in [-0.05, 0) is 50.7 Å². The summed E-state index contributed by atoms with van der Waals surface area (Å²) in [5, 5.41) is 4.62. The Balaban J connectivity index is 1.40. The number of hydrogen-bond acceptors (Lipinski definition) is 4. The zero-order chi connectivity index (χ0) is 21.4. The van der Waals surface area contributed by atoms with Crippen LogP contribution in [0.1, 0.15) is 49.9 Å². The number of nitrogen functional groups attached to an aromatic ring is 1. The van der Waals surface area contributed by atoms with Gasteiger partial charge in [0.1, 0.15) is 12.0 Å². The fourth-order valence-electron chi connectivity index (χ4n) is 5.36. The third-order valence-electron chi connectivity index (χ3n) is 6.92. The molecule has 0 aromatic carbocycles. The summed E-state index contributed by atoms with van der Waals surface area (Å²) >= 11 is 0. The van der Waals surface area contributed by atoms with Crippen molar-refractivity contribution in [1.29, 1.82) is 0 Å². The van der Waals surface area contributed by atoms with Crippen LogP contribution < -0.4 is 5.73 Å². The molecule has 2 aromatic rings. The molecule has 2 aliphatic carbocycles. The Labute approximate surface area is 172 Å². The van der Waals surface area contributed by atoms with Crippen LogP contribution >= 0.6 is 0 Å². The number of halogens is 4. The lowest BCUT2D eigenvalue weighted by Crippen LogP contribution is -2.53. The van der Waals surface area contributed by atoms with E-state index >= 15 is 0 Å². The zero-order valence-electron chi connectivity index (χ0n) is 16.9. The monoisotopic (exact) mass is 423 g/mol. The van der Waals surface area contributed by atoms with Crippen LogP contribution in [0.3, 0.4) is 0 Å². The van der Waals surface area contributed by atoms with E-state index in [0.29, 0.717) is 48.1 Å². The van der Waals surface area contributed by atoms with Crippen molar-refractivity contribution in [3.8, 4) is 11.3 Å². The Morgan fingerprint density at radius 2 is 1.80 bits per heavy atom. The number of likely N-dealkylation sites (tertiary alicyclic amines) is 1. The lowest BCUT2D eigenvalue weighted by atomic mass is 9.99. The molecule has 0 spiro atoms. The van der Waals surface area contributed by atoms with Crippen LogP contribution in [-0.4, -0.2) is 45.0 Å². The Kier molecular flexibility index (Phi) is 4.40. The zero-order valence-corrected chi connectivity index (χ0v) is 16.9. The van der Waals surface area contributed by atoms with Crippen LogP contribution in [0.25, 0.3) is 11.3 Å². The van der Waals surface area contributed by atoms with Crippen LogP contribution in [0, 0.1) is 11.8 Å². The highest BCUT2D eigenvalue weighted by Crippen LogP contribution is 2.64. The predicted molar refractivity (Wildman–Crippen MR) is 104 cm³/mol. The first-order chi connectivity index (χ1) is 14.1. The summed E-state index contributed by atoms with van der Waals surface area (Å²) in [5.41, 5.74) is 6.38. The summed E-state index contributed by atoms with van der Waals surface area (Å²) in [4.78, 5) is 5.98. The van der Waals surface area contributed by atoms with E-state index in [9.17, 15) is 17.6 Å². The highest BCUT2D eigenvalue weighted by atomic mass is 19.4. The molecular weight excluding hydrogens is 398 g/mol. The molecule has 5 rings (SSSR count). The minimum absolute atomic E-state index is 0.0948. The van der Waals surface area contributed by atoms with Crippen LogP contribution in [0.15, 0.2) is 18.3 Å². The van der Waals surface area contributed by atoms with Gasteiger partial charge in [-0.15, -0.1) is 0 Å². The molecule has 162 valence electrons. The van der Waals surface area contributed by atoms with Gasteiger partial charge in [0, 0.05) is 48.5 Å². The normalized spacial score (nSPS) is 29.3. The first-order valence-corrected chi connectivity index (χ1v) is 10.4. The molecule has 3 fully saturated rings. The van der Waals surface area contributed by atoms with Crippen molar-refractivity contribution in [3.05, 3.63) is 29.6 Å². The molecule has 5 nitrogen and oxygen atoms in total. The lowest BCUT2D eigenvalue weighted by Gasteiger charge is -2.40. The number of rotatable bonds is 4. The van der Waals surface area contributed by atoms with E-state index in [-0.39, 0.29) is 6.04 Å². The SMILES string of the molecule is CC(C)n1nc(-c2cnc(N)c(C(F)(F)F)c2)cc1C1C2CC(N3CC(F)C3)CC21. The van der Waals surface area contributed by atoms with E-state index < -0.39 is 23.7 Å². The summed E-state index contributed by atoms with van der Waals surface area (Å²) in [6.07, 6.45) is -1.78. The second-order valence-electron chi connectivity index (χ2n) is 9.18. The van der Waals surface area contributed by atoms with Crippen molar-refractivity contribution in [2.75, 3.05) is 18.8 Å². The van der Waals surface area contributed by atoms with Gasteiger partial charge in [0.15, 0.2) is 0 Å². The fourth-order valence-corrected chi connectivity index (χ4v) is 5.36. The molecule has 2 aromatic heterocycles. The summed E-state index contributed by atoms with van der Waals surface area (Å²) in [7, 11) is 0. The second kappa shape index (κ2) is 6.67. The highest BCUT2D eigenvalue weighted by Gasteiger charge is 2.59. The summed E-state index contributed by atoms with van der Waals surface area (Å²) in [6.45, 7) is 5.14. The van der Waals surface area contributed by atoms with E-state index in [1.54, 1.807) is 0 Å². The van der Waals surface area contributed by atoms with Crippen LogP contribution in [0.5, 0.6) is 0 Å². The maximum atomic E-state index is 13.2. The molecule has 2 atom stereocenters. The summed E-state index contributed by atoms with van der Waals surface area (Å²) in [6, 6.07) is 3.50. The second-order valence-corrected chi connectivity index (χ2v) is 9.18. The maximum Gasteiger partial charge on any atom is 0.419 e. The van der Waals surface area contributed by atoms with Crippen molar-refractivity contribution in [2.45, 2.75) is 57.0 Å². The number of alkyl halides is 4. The number of nitrogens with two attached hydrogens (primary N) is 1. The Bertz CT molecular complexity index is 951. The van der Waals surface area contributed by atoms with Gasteiger partial charge in [-0.25, -0.2) is 9.37 Å². The molecule has 2 N–H and O–H groups in total. The standard InChI is InChI=1S/C21H25F4N5/c1-10(2)30-18(19-14-4-13(5-15(14)19)29-8-12(22)9-29)6-17(28-30)11-3-16(21(23,24)25)20(26)27-7-11/h3,6-7,10,12-15,19H,4-5,8-9H2,1-2H3,(H2,26,27). The number of anilines is 1. The van der Waals surface area contributed by atoms with E-state index in [1.807, 2.05) is 24.6 Å². The van der Waals surface area contributed by atoms with Crippen molar-refractivity contribution >= 4 is 5.82 Å². The Hall–Kier alpha value is -2.16. The molecule has 2 unspecified atom stereocenters. The molecule has 3 heterocycles. The van der Waals surface area contributed by atoms with Gasteiger partial charge in [0.25, 0.3) is 0 Å². The van der Waals surface area contributed by atoms with Crippen LogP contribution in [0.4, 0.5) is 23.4 Å². The van der Waals surface area contributed by atoms with E-state index in [2.05, 4.69) is 15.0 Å². The Morgan fingerprint density at radius 3 is 2.37 bits per heavy atom. The molecule has 0 amide bonds. The minimum Gasteiger partial charge on any atom is -0.383 e. The smallest absolute Gasteiger partial charge is 0.383 e. The average Bonchev–Trinajstić information content (AvgIpc) is 3.00. The highest BCUT2D eigenvalue weighted by molar-refractivity contribution is 5.63. The van der Waals surface area contributed by atoms with Gasteiger partial charge in [0.2, 0.25) is 0 Å².